The summed E-state index contributed by atoms with van der Waals surface area (Å²) >= 11 is 0. The predicted molar refractivity (Wildman–Crippen MR) is 51.4 cm³/mol. The average Bonchev–Trinajstić information content (AvgIpc) is 1.79. The first-order valence-electron chi connectivity index (χ1n) is 3.97. The van der Waals surface area contributed by atoms with Crippen molar-refractivity contribution in [3.05, 3.63) is 0 Å². The van der Waals surface area contributed by atoms with E-state index in [4.69, 9.17) is 5.73 Å². The van der Waals surface area contributed by atoms with Gasteiger partial charge in [0.15, 0.2) is 0 Å². The minimum atomic E-state index is -0.188. The second kappa shape index (κ2) is 4.06. The number of hydrogen-bond acceptors (Lipinski definition) is 1. The van der Waals surface area contributed by atoms with E-state index in [1.807, 2.05) is 13.8 Å². The number of nitrogens with two attached hydrogens (primary N) is 1. The van der Waals surface area contributed by atoms with Gasteiger partial charge in [0, 0.05) is 5.92 Å². The van der Waals surface area contributed by atoms with E-state index in [0.29, 0.717) is 0 Å². The van der Waals surface area contributed by atoms with Gasteiger partial charge in [0.2, 0.25) is 5.91 Å². The molecule has 2 N–H and O–H groups in total. The van der Waals surface area contributed by atoms with Crippen molar-refractivity contribution in [2.75, 3.05) is 0 Å². The summed E-state index contributed by atoms with van der Waals surface area (Å²) in [6.07, 6.45) is 1.89. The van der Waals surface area contributed by atoms with Gasteiger partial charge in [-0.05, 0) is 11.6 Å². The molecule has 0 aliphatic heterocycles. The Morgan fingerprint density at radius 1 is 1.64 bits per heavy atom. The molecule has 0 spiro atoms. The van der Waals surface area contributed by atoms with Crippen LogP contribution in [0.25, 0.3) is 0 Å². The van der Waals surface area contributed by atoms with Gasteiger partial charge in [-0.1, -0.05) is 27.2 Å². The van der Waals surface area contributed by atoms with Crippen LogP contribution in [0.2, 0.25) is 0 Å². The summed E-state index contributed by atoms with van der Waals surface area (Å²) in [6, 6.07) is 0. The Labute approximate surface area is 71.1 Å². The molecule has 0 rings (SSSR count). The summed E-state index contributed by atoms with van der Waals surface area (Å²) in [7, 11) is 2.67. The zero-order valence-corrected chi connectivity index (χ0v) is 8.71. The van der Waals surface area contributed by atoms with Crippen LogP contribution in [0.15, 0.2) is 0 Å². The molecule has 0 aliphatic carbocycles. The number of hydrogen-bond donors (Lipinski definition) is 1. The highest BCUT2D eigenvalue weighted by atomic mass is 31.0. The third kappa shape index (κ3) is 3.71. The van der Waals surface area contributed by atoms with E-state index < -0.39 is 0 Å². The first-order chi connectivity index (χ1) is 4.89. The monoisotopic (exact) mass is 175 g/mol. The molecule has 66 valence electrons. The minimum absolute atomic E-state index is 0.0162. The molecule has 2 unspecified atom stereocenters. The highest BCUT2D eigenvalue weighted by Gasteiger charge is 2.28. The molecule has 0 bridgehead atoms. The average molecular weight is 175 g/mol. The molecule has 0 aromatic carbocycles. The molecule has 2 nitrogen and oxygen atoms in total. The maximum absolute atomic E-state index is 10.9. The van der Waals surface area contributed by atoms with Gasteiger partial charge in [0.25, 0.3) is 0 Å². The van der Waals surface area contributed by atoms with E-state index >= 15 is 0 Å². The van der Waals surface area contributed by atoms with Crippen LogP contribution in [0.4, 0.5) is 0 Å². The van der Waals surface area contributed by atoms with Crippen molar-refractivity contribution >= 4 is 15.1 Å². The van der Waals surface area contributed by atoms with E-state index in [9.17, 15) is 4.79 Å². The van der Waals surface area contributed by atoms with Crippen molar-refractivity contribution in [1.82, 2.24) is 0 Å². The second-order valence-corrected chi connectivity index (χ2v) is 5.05. The predicted octanol–water partition coefficient (Wildman–Crippen LogP) is 1.54. The number of carbonyl (C=O) groups excluding carboxylic acids is 1. The molecule has 0 saturated heterocycles. The van der Waals surface area contributed by atoms with E-state index in [1.165, 1.54) is 0 Å². The molecule has 11 heavy (non-hydrogen) atoms. The molecular weight excluding hydrogens is 157 g/mol. The number of rotatable bonds is 4. The van der Waals surface area contributed by atoms with E-state index in [1.54, 1.807) is 0 Å². The fourth-order valence-corrected chi connectivity index (χ4v) is 1.50. The van der Waals surface area contributed by atoms with Gasteiger partial charge in [-0.25, -0.2) is 0 Å². The molecule has 0 aromatic heterocycles. The zero-order chi connectivity index (χ0) is 9.07. The molecule has 0 saturated carbocycles. The number of amides is 1. The number of carbonyl (C=O) groups is 1. The first-order valence-corrected chi connectivity index (χ1v) is 4.55. The van der Waals surface area contributed by atoms with Crippen molar-refractivity contribution < 1.29 is 4.79 Å². The fraction of sp³-hybridized carbons (Fsp3) is 0.875. The topological polar surface area (TPSA) is 43.1 Å². The highest BCUT2D eigenvalue weighted by Crippen LogP contribution is 2.29. The standard InChI is InChI=1S/C8H18NOP/c1-4-5-6(7(9)10)8(2,3)11/h6H,4-5,11H2,1-3H3,(H2,9,10). The van der Waals surface area contributed by atoms with Gasteiger partial charge >= 0.3 is 0 Å². The van der Waals surface area contributed by atoms with Gasteiger partial charge in [-0.15, -0.1) is 9.24 Å². The lowest BCUT2D eigenvalue weighted by Gasteiger charge is -2.27. The van der Waals surface area contributed by atoms with Crippen LogP contribution < -0.4 is 5.73 Å². The quantitative estimate of drug-likeness (QED) is 0.647. The molecule has 1 amide bonds. The Morgan fingerprint density at radius 2 is 2.09 bits per heavy atom. The van der Waals surface area contributed by atoms with E-state index in [0.717, 1.165) is 12.8 Å². The Balaban J connectivity index is 4.22. The normalized spacial score (nSPS) is 14.5. The van der Waals surface area contributed by atoms with Gasteiger partial charge in [0.1, 0.15) is 0 Å². The molecule has 2 atom stereocenters. The first kappa shape index (κ1) is 10.9. The highest BCUT2D eigenvalue weighted by molar-refractivity contribution is 7.19. The van der Waals surface area contributed by atoms with Crippen LogP contribution in [0.3, 0.4) is 0 Å². The summed E-state index contributed by atoms with van der Waals surface area (Å²) in [4.78, 5) is 10.9. The van der Waals surface area contributed by atoms with Gasteiger partial charge < -0.3 is 5.73 Å². The Hall–Kier alpha value is -0.100. The molecule has 0 heterocycles. The van der Waals surface area contributed by atoms with Crippen molar-refractivity contribution in [3.8, 4) is 0 Å². The van der Waals surface area contributed by atoms with Crippen LogP contribution in [-0.2, 0) is 4.79 Å². The molecule has 0 aliphatic rings. The van der Waals surface area contributed by atoms with Gasteiger partial charge in [-0.2, -0.15) is 0 Å². The summed E-state index contributed by atoms with van der Waals surface area (Å²) in [5.74, 6) is -0.204. The molecule has 3 heteroatoms. The minimum Gasteiger partial charge on any atom is -0.369 e. The molecule has 0 aromatic rings. The Kier molecular flexibility index (Phi) is 4.02. The zero-order valence-electron chi connectivity index (χ0n) is 7.55. The third-order valence-corrected chi connectivity index (χ3v) is 2.22. The van der Waals surface area contributed by atoms with Gasteiger partial charge in [0.05, 0.1) is 0 Å². The van der Waals surface area contributed by atoms with Crippen molar-refractivity contribution in [2.24, 2.45) is 11.7 Å². The SMILES string of the molecule is CCCC(C(N)=O)C(C)(C)P. The van der Waals surface area contributed by atoms with Crippen molar-refractivity contribution in [3.63, 3.8) is 0 Å². The molecular formula is C8H18NOP. The van der Waals surface area contributed by atoms with Gasteiger partial charge in [-0.3, -0.25) is 4.79 Å². The number of primary amides is 1. The molecule has 0 fully saturated rings. The van der Waals surface area contributed by atoms with E-state index in [2.05, 4.69) is 16.2 Å². The lowest BCUT2D eigenvalue weighted by molar-refractivity contribution is -0.122. The Bertz CT molecular complexity index is 140. The van der Waals surface area contributed by atoms with Crippen molar-refractivity contribution in [1.29, 1.82) is 0 Å². The Morgan fingerprint density at radius 3 is 2.18 bits per heavy atom. The molecule has 0 radical (unpaired) electrons. The smallest absolute Gasteiger partial charge is 0.221 e. The van der Waals surface area contributed by atoms with Crippen LogP contribution >= 0.6 is 9.24 Å². The lowest BCUT2D eigenvalue weighted by atomic mass is 9.90. The summed E-state index contributed by atoms with van der Waals surface area (Å²) in [5, 5.41) is -0.0676. The lowest BCUT2D eigenvalue weighted by Crippen LogP contribution is -2.36. The van der Waals surface area contributed by atoms with Crippen LogP contribution in [-0.4, -0.2) is 11.1 Å². The second-order valence-electron chi connectivity index (χ2n) is 3.56. The maximum Gasteiger partial charge on any atom is 0.221 e. The van der Waals surface area contributed by atoms with Crippen LogP contribution in [0, 0.1) is 5.92 Å². The fourth-order valence-electron chi connectivity index (χ4n) is 1.17. The van der Waals surface area contributed by atoms with Crippen molar-refractivity contribution in [2.45, 2.75) is 38.8 Å². The van der Waals surface area contributed by atoms with Crippen LogP contribution in [0.1, 0.15) is 33.6 Å². The summed E-state index contributed by atoms with van der Waals surface area (Å²) in [6.45, 7) is 6.10. The van der Waals surface area contributed by atoms with E-state index in [-0.39, 0.29) is 17.0 Å². The summed E-state index contributed by atoms with van der Waals surface area (Å²) < 4.78 is 0. The third-order valence-electron chi connectivity index (χ3n) is 1.82. The summed E-state index contributed by atoms with van der Waals surface area (Å²) in [5.41, 5.74) is 5.26. The largest absolute Gasteiger partial charge is 0.369 e. The maximum atomic E-state index is 10.9. The van der Waals surface area contributed by atoms with Crippen LogP contribution in [0.5, 0.6) is 0 Å².